The average molecular weight is 348 g/mol. The second-order valence-corrected chi connectivity index (χ2v) is 5.76. The third-order valence-corrected chi connectivity index (χ3v) is 3.68. The molecule has 0 saturated carbocycles. The van der Waals surface area contributed by atoms with Gasteiger partial charge in [0.25, 0.3) is 5.56 Å². The molecule has 0 aliphatic carbocycles. The number of nitrogens with one attached hydrogen (secondary N) is 3. The summed E-state index contributed by atoms with van der Waals surface area (Å²) < 4.78 is 1.14. The number of hydrogen-bond acceptors (Lipinski definition) is 4. The summed E-state index contributed by atoms with van der Waals surface area (Å²) in [4.78, 5) is 44.5. The lowest BCUT2D eigenvalue weighted by Gasteiger charge is -2.06. The molecule has 24 heavy (non-hydrogen) atoms. The molecule has 0 aliphatic rings. The van der Waals surface area contributed by atoms with E-state index in [-0.39, 0.29) is 19.0 Å². The number of carbonyl (C=O) groups is 1. The van der Waals surface area contributed by atoms with Crippen LogP contribution in [-0.2, 0) is 17.9 Å². The van der Waals surface area contributed by atoms with Crippen LogP contribution in [-0.4, -0.2) is 25.4 Å². The lowest BCUT2D eigenvalue weighted by atomic mass is 10.3. The van der Waals surface area contributed by atoms with Crippen molar-refractivity contribution in [2.24, 2.45) is 0 Å². The number of aromatic amines is 2. The molecule has 124 valence electrons. The minimum Gasteiger partial charge on any atom is -0.347 e. The van der Waals surface area contributed by atoms with Crippen LogP contribution in [0.4, 0.5) is 0 Å². The maximum absolute atomic E-state index is 12.0. The number of aryl methyl sites for hydroxylation is 1. The van der Waals surface area contributed by atoms with Gasteiger partial charge in [-0.15, -0.1) is 0 Å². The van der Waals surface area contributed by atoms with E-state index in [4.69, 9.17) is 11.6 Å². The minimum absolute atomic E-state index is 0.183. The Balaban J connectivity index is 1.67. The smallest absolute Gasteiger partial charge is 0.328 e. The Hall–Kier alpha value is -2.87. The lowest BCUT2D eigenvalue weighted by Crippen LogP contribution is -2.36. The van der Waals surface area contributed by atoms with Crippen molar-refractivity contribution >= 4 is 28.5 Å². The van der Waals surface area contributed by atoms with Crippen molar-refractivity contribution in [1.29, 1.82) is 0 Å². The van der Waals surface area contributed by atoms with Crippen LogP contribution in [0.1, 0.15) is 11.4 Å². The Labute approximate surface area is 140 Å². The molecular formula is C15H14ClN5O3. The van der Waals surface area contributed by atoms with E-state index in [1.54, 1.807) is 25.1 Å². The van der Waals surface area contributed by atoms with Crippen molar-refractivity contribution in [2.45, 2.75) is 20.0 Å². The Kier molecular flexibility index (Phi) is 4.22. The van der Waals surface area contributed by atoms with Gasteiger partial charge in [-0.05, 0) is 25.1 Å². The Morgan fingerprint density at radius 2 is 2.12 bits per heavy atom. The summed E-state index contributed by atoms with van der Waals surface area (Å²) in [6, 6.07) is 5.26. The van der Waals surface area contributed by atoms with Crippen LogP contribution in [0.2, 0.25) is 5.02 Å². The molecule has 1 aromatic carbocycles. The van der Waals surface area contributed by atoms with Gasteiger partial charge in [-0.1, -0.05) is 11.6 Å². The van der Waals surface area contributed by atoms with Gasteiger partial charge in [0.05, 0.1) is 17.6 Å². The van der Waals surface area contributed by atoms with E-state index in [0.29, 0.717) is 16.4 Å². The predicted octanol–water partition coefficient (Wildman–Crippen LogP) is 0.691. The third-order valence-electron chi connectivity index (χ3n) is 3.45. The van der Waals surface area contributed by atoms with Crippen LogP contribution >= 0.6 is 11.6 Å². The number of amides is 1. The highest BCUT2D eigenvalue weighted by Gasteiger charge is 2.08. The van der Waals surface area contributed by atoms with Crippen molar-refractivity contribution in [3.05, 3.63) is 61.6 Å². The first kappa shape index (κ1) is 16.0. The molecule has 0 atom stereocenters. The molecule has 9 heteroatoms. The van der Waals surface area contributed by atoms with Crippen molar-refractivity contribution in [3.63, 3.8) is 0 Å². The summed E-state index contributed by atoms with van der Waals surface area (Å²) in [6.07, 6.45) is 1.35. The van der Waals surface area contributed by atoms with E-state index in [9.17, 15) is 14.4 Å². The molecule has 0 spiro atoms. The zero-order valence-corrected chi connectivity index (χ0v) is 13.5. The van der Waals surface area contributed by atoms with Crippen LogP contribution in [0, 0.1) is 6.92 Å². The number of halogens is 1. The van der Waals surface area contributed by atoms with E-state index in [1.165, 1.54) is 6.20 Å². The third kappa shape index (κ3) is 3.38. The van der Waals surface area contributed by atoms with Crippen molar-refractivity contribution in [1.82, 2.24) is 24.8 Å². The molecule has 0 aliphatic heterocycles. The summed E-state index contributed by atoms with van der Waals surface area (Å²) >= 11 is 5.91. The number of fused-ring (bicyclic) bond motifs is 1. The van der Waals surface area contributed by atoms with Gasteiger partial charge in [0, 0.05) is 16.8 Å². The van der Waals surface area contributed by atoms with Crippen molar-refractivity contribution in [2.75, 3.05) is 0 Å². The number of aromatic nitrogens is 4. The van der Waals surface area contributed by atoms with Gasteiger partial charge >= 0.3 is 5.69 Å². The normalized spacial score (nSPS) is 10.9. The van der Waals surface area contributed by atoms with Crippen LogP contribution in [0.3, 0.4) is 0 Å². The van der Waals surface area contributed by atoms with Gasteiger partial charge in [-0.3, -0.25) is 19.1 Å². The summed E-state index contributed by atoms with van der Waals surface area (Å²) in [5.74, 6) is 0.202. The molecule has 0 unspecified atom stereocenters. The summed E-state index contributed by atoms with van der Waals surface area (Å²) in [5, 5.41) is 3.26. The standard InChI is InChI=1S/C15H14ClN5O3/c1-8-6-21(15(24)20-14(8)23)7-13(22)17-5-12-18-10-3-2-9(16)4-11(10)19-12/h2-4,6H,5,7H2,1H3,(H,17,22)(H,18,19)(H,20,23,24). The minimum atomic E-state index is -0.626. The first-order chi connectivity index (χ1) is 11.4. The fourth-order valence-corrected chi connectivity index (χ4v) is 2.42. The highest BCUT2D eigenvalue weighted by molar-refractivity contribution is 6.31. The summed E-state index contributed by atoms with van der Waals surface area (Å²) in [6.45, 7) is 1.55. The molecule has 0 bridgehead atoms. The number of nitrogens with zero attached hydrogens (tertiary/aromatic N) is 2. The van der Waals surface area contributed by atoms with E-state index in [0.717, 1.165) is 15.6 Å². The predicted molar refractivity (Wildman–Crippen MR) is 89.0 cm³/mol. The van der Waals surface area contributed by atoms with Crippen LogP contribution < -0.4 is 16.6 Å². The zero-order chi connectivity index (χ0) is 17.3. The van der Waals surface area contributed by atoms with Crippen molar-refractivity contribution in [3.8, 4) is 0 Å². The molecule has 1 amide bonds. The second-order valence-electron chi connectivity index (χ2n) is 5.32. The Morgan fingerprint density at radius 3 is 2.92 bits per heavy atom. The molecule has 0 saturated heterocycles. The van der Waals surface area contributed by atoms with E-state index >= 15 is 0 Å². The van der Waals surface area contributed by atoms with E-state index in [1.807, 2.05) is 0 Å². The molecule has 0 fully saturated rings. The quantitative estimate of drug-likeness (QED) is 0.644. The maximum Gasteiger partial charge on any atom is 0.328 e. The number of rotatable bonds is 4. The summed E-state index contributed by atoms with van der Waals surface area (Å²) in [5.41, 5.74) is 0.795. The molecule has 3 aromatic rings. The van der Waals surface area contributed by atoms with E-state index < -0.39 is 11.2 Å². The molecule has 3 rings (SSSR count). The first-order valence-electron chi connectivity index (χ1n) is 7.13. The monoisotopic (exact) mass is 347 g/mol. The zero-order valence-electron chi connectivity index (χ0n) is 12.7. The SMILES string of the molecule is Cc1cn(CC(=O)NCc2nc3ccc(Cl)cc3[nH]2)c(=O)[nH]c1=O. The van der Waals surface area contributed by atoms with Crippen LogP contribution in [0.5, 0.6) is 0 Å². The lowest BCUT2D eigenvalue weighted by molar-refractivity contribution is -0.121. The number of carbonyl (C=O) groups excluding carboxylic acids is 1. The fourth-order valence-electron chi connectivity index (χ4n) is 2.25. The van der Waals surface area contributed by atoms with Crippen LogP contribution in [0.15, 0.2) is 34.0 Å². The molecule has 8 nitrogen and oxygen atoms in total. The Bertz CT molecular complexity index is 1030. The van der Waals surface area contributed by atoms with E-state index in [2.05, 4.69) is 20.3 Å². The fraction of sp³-hybridized carbons (Fsp3) is 0.200. The summed E-state index contributed by atoms with van der Waals surface area (Å²) in [7, 11) is 0. The number of benzene rings is 1. The van der Waals surface area contributed by atoms with Gasteiger partial charge in [-0.2, -0.15) is 0 Å². The largest absolute Gasteiger partial charge is 0.347 e. The first-order valence-corrected chi connectivity index (χ1v) is 7.51. The molecular weight excluding hydrogens is 334 g/mol. The van der Waals surface area contributed by atoms with Gasteiger partial charge in [0.1, 0.15) is 12.4 Å². The van der Waals surface area contributed by atoms with Crippen LogP contribution in [0.25, 0.3) is 11.0 Å². The van der Waals surface area contributed by atoms with Crippen molar-refractivity contribution < 1.29 is 4.79 Å². The highest BCUT2D eigenvalue weighted by Crippen LogP contribution is 2.16. The van der Waals surface area contributed by atoms with Gasteiger partial charge in [-0.25, -0.2) is 9.78 Å². The topological polar surface area (TPSA) is 113 Å². The maximum atomic E-state index is 12.0. The molecule has 2 heterocycles. The number of imidazole rings is 1. The van der Waals surface area contributed by atoms with Gasteiger partial charge < -0.3 is 10.3 Å². The highest BCUT2D eigenvalue weighted by atomic mass is 35.5. The average Bonchev–Trinajstić information content (AvgIpc) is 2.92. The van der Waals surface area contributed by atoms with Gasteiger partial charge in [0.15, 0.2) is 0 Å². The number of hydrogen-bond donors (Lipinski definition) is 3. The molecule has 3 N–H and O–H groups in total. The molecule has 0 radical (unpaired) electrons. The molecule has 2 aromatic heterocycles. The second kappa shape index (κ2) is 6.32. The number of H-pyrrole nitrogens is 2. The Morgan fingerprint density at radius 1 is 1.33 bits per heavy atom. The van der Waals surface area contributed by atoms with Gasteiger partial charge in [0.2, 0.25) is 5.91 Å².